The van der Waals surface area contributed by atoms with Crippen molar-refractivity contribution in [3.63, 3.8) is 0 Å². The zero-order chi connectivity index (χ0) is 27.4. The van der Waals surface area contributed by atoms with Gasteiger partial charge in [-0.3, -0.25) is 4.79 Å². The van der Waals surface area contributed by atoms with Crippen LogP contribution in [0.4, 0.5) is 35.4 Å². The minimum Gasteiger partial charge on any atom is -0.447 e. The molecule has 200 valence electrons. The van der Waals surface area contributed by atoms with Crippen molar-refractivity contribution in [2.24, 2.45) is 0 Å². The Morgan fingerprint density at radius 2 is 2.03 bits per heavy atom. The lowest BCUT2D eigenvalue weighted by Crippen LogP contribution is -2.36. The number of alkyl carbamates (subject to hydrolysis) is 1. The molecular formula is C22H26F3N7O4S. The first kappa shape index (κ1) is 29.5. The number of methoxy groups -OCH3 is 1. The summed E-state index contributed by atoms with van der Waals surface area (Å²) in [4.78, 5) is 32.8. The second-order valence-corrected chi connectivity index (χ2v) is 8.18. The number of hydrogen-bond donors (Lipinski definition) is 4. The van der Waals surface area contributed by atoms with Crippen molar-refractivity contribution in [1.82, 2.24) is 15.3 Å². The maximum atomic E-state index is 13.1. The van der Waals surface area contributed by atoms with E-state index >= 15 is 0 Å². The Kier molecular flexibility index (Phi) is 11.2. The molecule has 0 fully saturated rings. The lowest BCUT2D eigenvalue weighted by molar-refractivity contribution is -0.137. The fraction of sp³-hybridized carbons (Fsp3) is 0.409. The first-order valence-electron chi connectivity index (χ1n) is 10.8. The number of nitrogens with zero attached hydrogens (tertiary/aromatic N) is 3. The number of ether oxygens (including phenoxy) is 2. The van der Waals surface area contributed by atoms with Crippen LogP contribution >= 0.6 is 11.8 Å². The van der Waals surface area contributed by atoms with E-state index in [-0.39, 0.29) is 60.6 Å². The van der Waals surface area contributed by atoms with Crippen LogP contribution in [0.1, 0.15) is 24.0 Å². The van der Waals surface area contributed by atoms with Crippen molar-refractivity contribution in [2.75, 3.05) is 49.5 Å². The number of nitrogen functional groups attached to an aromatic ring is 1. The van der Waals surface area contributed by atoms with Gasteiger partial charge in [0.25, 0.3) is 0 Å². The molecular weight excluding hydrogens is 515 g/mol. The second-order valence-electron chi connectivity index (χ2n) is 7.39. The van der Waals surface area contributed by atoms with Crippen molar-refractivity contribution in [3.8, 4) is 6.07 Å². The van der Waals surface area contributed by atoms with Crippen LogP contribution in [-0.2, 0) is 20.4 Å². The molecule has 1 atom stereocenters. The average Bonchev–Trinajstić information content (AvgIpc) is 2.85. The van der Waals surface area contributed by atoms with E-state index in [0.29, 0.717) is 0 Å². The van der Waals surface area contributed by atoms with Crippen molar-refractivity contribution < 1.29 is 32.2 Å². The minimum atomic E-state index is -4.59. The van der Waals surface area contributed by atoms with Gasteiger partial charge in [0, 0.05) is 19.3 Å². The standard InChI is InChI=1S/C22H26F3N7O4S/c1-35-9-10-36-21(34)28-8-4-7-16(30-17-15(12-26)19(37-2)32-20(27)31-17)18(33)29-14-6-3-5-13(11-14)22(23,24)25/h3,5-6,11,16H,4,7-10H2,1-2H3,(H,28,34)(H,29,33)(H3,27,30,31,32)/t16-/m0/s1. The zero-order valence-corrected chi connectivity index (χ0v) is 20.8. The summed E-state index contributed by atoms with van der Waals surface area (Å²) >= 11 is 1.15. The molecule has 0 aliphatic rings. The molecule has 2 amide bonds. The molecule has 1 heterocycles. The molecule has 15 heteroatoms. The number of hydrogen-bond acceptors (Lipinski definition) is 10. The van der Waals surface area contributed by atoms with Gasteiger partial charge in [-0.1, -0.05) is 6.07 Å². The monoisotopic (exact) mass is 541 g/mol. The Morgan fingerprint density at radius 3 is 2.68 bits per heavy atom. The summed E-state index contributed by atoms with van der Waals surface area (Å²) in [6.07, 6.45) is -3.20. The molecule has 37 heavy (non-hydrogen) atoms. The van der Waals surface area contributed by atoms with Gasteiger partial charge in [0.1, 0.15) is 29.3 Å². The van der Waals surface area contributed by atoms with Gasteiger partial charge in [-0.25, -0.2) is 9.78 Å². The molecule has 0 saturated carbocycles. The van der Waals surface area contributed by atoms with E-state index in [1.807, 2.05) is 6.07 Å². The van der Waals surface area contributed by atoms with E-state index in [1.54, 1.807) is 6.26 Å². The van der Waals surface area contributed by atoms with E-state index in [2.05, 4.69) is 25.9 Å². The number of carbonyl (C=O) groups is 2. The molecule has 11 nitrogen and oxygen atoms in total. The van der Waals surface area contributed by atoms with Crippen LogP contribution in [-0.4, -0.2) is 61.1 Å². The number of halogens is 3. The molecule has 2 aromatic rings. The summed E-state index contributed by atoms with van der Waals surface area (Å²) in [5, 5.41) is 17.7. The van der Waals surface area contributed by atoms with E-state index < -0.39 is 29.8 Å². The number of anilines is 3. The number of benzene rings is 1. The van der Waals surface area contributed by atoms with Gasteiger partial charge >= 0.3 is 12.3 Å². The summed E-state index contributed by atoms with van der Waals surface area (Å²) in [6.45, 7) is 0.431. The smallest absolute Gasteiger partial charge is 0.416 e. The van der Waals surface area contributed by atoms with E-state index in [4.69, 9.17) is 15.2 Å². The molecule has 0 radical (unpaired) electrons. The highest BCUT2D eigenvalue weighted by Gasteiger charge is 2.31. The van der Waals surface area contributed by atoms with Crippen LogP contribution in [0.2, 0.25) is 0 Å². The Balaban J connectivity index is 2.19. The maximum Gasteiger partial charge on any atom is 0.416 e. The number of thioether (sulfide) groups is 1. The highest BCUT2D eigenvalue weighted by Crippen LogP contribution is 2.31. The van der Waals surface area contributed by atoms with Crippen LogP contribution in [0.3, 0.4) is 0 Å². The lowest BCUT2D eigenvalue weighted by atomic mass is 10.1. The van der Waals surface area contributed by atoms with Crippen LogP contribution in [0.25, 0.3) is 0 Å². The maximum absolute atomic E-state index is 13.1. The number of aromatic nitrogens is 2. The molecule has 0 spiro atoms. The number of amides is 2. The second kappa shape index (κ2) is 14.1. The van der Waals surface area contributed by atoms with Gasteiger partial charge in [0.05, 0.1) is 12.2 Å². The highest BCUT2D eigenvalue weighted by atomic mass is 32.2. The minimum absolute atomic E-state index is 0.00419. The molecule has 1 aromatic heterocycles. The number of nitrogens with one attached hydrogen (secondary N) is 3. The average molecular weight is 542 g/mol. The van der Waals surface area contributed by atoms with Crippen LogP contribution in [0.5, 0.6) is 0 Å². The Bertz CT molecular complexity index is 1130. The van der Waals surface area contributed by atoms with E-state index in [9.17, 15) is 28.0 Å². The quantitative estimate of drug-likeness (QED) is 0.178. The van der Waals surface area contributed by atoms with Gasteiger partial charge < -0.3 is 31.2 Å². The number of rotatable bonds is 12. The number of nitriles is 1. The lowest BCUT2D eigenvalue weighted by Gasteiger charge is -2.20. The SMILES string of the molecule is COCCOC(=O)NCCC[C@H](Nc1nc(N)nc(SC)c1C#N)C(=O)Nc1cccc(C(F)(F)F)c1. The van der Waals surface area contributed by atoms with Gasteiger partial charge in [-0.05, 0) is 37.3 Å². The number of alkyl halides is 3. The van der Waals surface area contributed by atoms with Gasteiger partial charge in [-0.15, -0.1) is 11.8 Å². The number of carbonyl (C=O) groups excluding carboxylic acids is 2. The molecule has 0 bridgehead atoms. The van der Waals surface area contributed by atoms with Gasteiger partial charge in [0.15, 0.2) is 5.82 Å². The summed E-state index contributed by atoms with van der Waals surface area (Å²) in [7, 11) is 1.46. The summed E-state index contributed by atoms with van der Waals surface area (Å²) in [6, 6.07) is 5.08. The Labute approximate surface area is 215 Å². The third-order valence-electron chi connectivity index (χ3n) is 4.74. The summed E-state index contributed by atoms with van der Waals surface area (Å²) < 4.78 is 48.9. The number of nitrogens with two attached hydrogens (primary N) is 1. The van der Waals surface area contributed by atoms with E-state index in [0.717, 1.165) is 23.9 Å². The topological polar surface area (TPSA) is 164 Å². The van der Waals surface area contributed by atoms with Crippen molar-refractivity contribution >= 4 is 41.2 Å². The van der Waals surface area contributed by atoms with Crippen LogP contribution in [0.15, 0.2) is 29.3 Å². The fourth-order valence-electron chi connectivity index (χ4n) is 3.01. The molecule has 1 aromatic carbocycles. The normalized spacial score (nSPS) is 11.8. The highest BCUT2D eigenvalue weighted by molar-refractivity contribution is 7.98. The third kappa shape index (κ3) is 9.32. The van der Waals surface area contributed by atoms with Crippen LogP contribution in [0, 0.1) is 11.3 Å². The predicted molar refractivity (Wildman–Crippen MR) is 131 cm³/mol. The molecule has 5 N–H and O–H groups in total. The molecule has 0 aliphatic carbocycles. The molecule has 2 rings (SSSR count). The van der Waals surface area contributed by atoms with Crippen LogP contribution < -0.4 is 21.7 Å². The first-order valence-corrected chi connectivity index (χ1v) is 12.1. The third-order valence-corrected chi connectivity index (χ3v) is 5.42. The Hall–Kier alpha value is -3.77. The molecule has 0 aliphatic heterocycles. The van der Waals surface area contributed by atoms with Gasteiger partial charge in [0.2, 0.25) is 11.9 Å². The largest absolute Gasteiger partial charge is 0.447 e. The van der Waals surface area contributed by atoms with Crippen molar-refractivity contribution in [1.29, 1.82) is 5.26 Å². The van der Waals surface area contributed by atoms with Crippen molar-refractivity contribution in [2.45, 2.75) is 30.1 Å². The fourth-order valence-corrected chi connectivity index (χ4v) is 3.54. The Morgan fingerprint density at radius 1 is 1.27 bits per heavy atom. The molecule has 0 unspecified atom stereocenters. The summed E-state index contributed by atoms with van der Waals surface area (Å²) in [5.41, 5.74) is 4.79. The van der Waals surface area contributed by atoms with Gasteiger partial charge in [-0.2, -0.15) is 23.4 Å². The molecule has 0 saturated heterocycles. The summed E-state index contributed by atoms with van der Waals surface area (Å²) in [5.74, 6) is -0.826. The predicted octanol–water partition coefficient (Wildman–Crippen LogP) is 3.24. The van der Waals surface area contributed by atoms with Crippen molar-refractivity contribution in [3.05, 3.63) is 35.4 Å². The zero-order valence-electron chi connectivity index (χ0n) is 20.0. The first-order chi connectivity index (χ1) is 17.6. The van der Waals surface area contributed by atoms with E-state index in [1.165, 1.54) is 19.2 Å².